The van der Waals surface area contributed by atoms with E-state index in [1.54, 1.807) is 6.07 Å². The van der Waals surface area contributed by atoms with Crippen LogP contribution in [0.5, 0.6) is 0 Å². The number of halogens is 3. The zero-order chi connectivity index (χ0) is 19.0. The number of ether oxygens (including phenoxy) is 2. The van der Waals surface area contributed by atoms with Crippen molar-refractivity contribution in [2.75, 3.05) is 20.5 Å². The van der Waals surface area contributed by atoms with Crippen molar-refractivity contribution in [1.29, 1.82) is 0 Å². The number of pyridine rings is 2. The number of nitrogens with zero attached hydrogens (tertiary/aromatic N) is 2. The van der Waals surface area contributed by atoms with Crippen molar-refractivity contribution in [1.82, 2.24) is 9.97 Å². The Morgan fingerprint density at radius 2 is 1.24 bits per heavy atom. The van der Waals surface area contributed by atoms with Gasteiger partial charge in [0.05, 0.1) is 30.4 Å². The van der Waals surface area contributed by atoms with Crippen molar-refractivity contribution >= 4 is 58.5 Å². The number of hydrogen-bond acceptors (Lipinski definition) is 7. The second-order valence-corrected chi connectivity index (χ2v) is 6.19. The predicted molar refractivity (Wildman–Crippen MR) is 98.0 cm³/mol. The smallest absolute Gasteiger partial charge is 0.338 e. The van der Waals surface area contributed by atoms with Crippen LogP contribution in [-0.4, -0.2) is 42.4 Å². The Morgan fingerprint density at radius 3 is 1.64 bits per heavy atom. The zero-order valence-electron chi connectivity index (χ0n) is 13.4. The molecular formula is C15H13Cl3N2O4S. The number of rotatable bonds is 3. The molecule has 2 heterocycles. The van der Waals surface area contributed by atoms with Crippen LogP contribution < -0.4 is 0 Å². The van der Waals surface area contributed by atoms with Gasteiger partial charge in [0, 0.05) is 0 Å². The summed E-state index contributed by atoms with van der Waals surface area (Å²) in [5, 5.41) is 1.34. The number of carbonyl (C=O) groups is 2. The molecule has 0 aromatic carbocycles. The third-order valence-corrected chi connectivity index (χ3v) is 3.79. The minimum atomic E-state index is -0.485. The van der Waals surface area contributed by atoms with Gasteiger partial charge >= 0.3 is 11.9 Å². The van der Waals surface area contributed by atoms with Crippen LogP contribution in [0.4, 0.5) is 0 Å². The highest BCUT2D eigenvalue weighted by atomic mass is 35.5. The van der Waals surface area contributed by atoms with E-state index >= 15 is 0 Å². The van der Waals surface area contributed by atoms with E-state index in [-0.39, 0.29) is 10.3 Å². The molecule has 134 valence electrons. The molecule has 0 aliphatic carbocycles. The molecule has 6 nitrogen and oxygen atoms in total. The Kier molecular flexibility index (Phi) is 8.99. The molecule has 0 bridgehead atoms. The van der Waals surface area contributed by atoms with Crippen molar-refractivity contribution in [3.8, 4) is 0 Å². The van der Waals surface area contributed by atoms with Crippen molar-refractivity contribution in [3.63, 3.8) is 0 Å². The Hall–Kier alpha value is -1.54. The lowest BCUT2D eigenvalue weighted by atomic mass is 10.3. The van der Waals surface area contributed by atoms with E-state index in [2.05, 4.69) is 19.4 Å². The van der Waals surface area contributed by atoms with Gasteiger partial charge in [0.1, 0.15) is 15.5 Å². The fraction of sp³-hybridized carbons (Fsp3) is 0.200. The van der Waals surface area contributed by atoms with E-state index in [4.69, 9.17) is 34.8 Å². The highest BCUT2D eigenvalue weighted by Gasteiger charge is 2.08. The number of esters is 2. The molecule has 0 atom stereocenters. The van der Waals surface area contributed by atoms with Gasteiger partial charge in [-0.2, -0.15) is 0 Å². The van der Waals surface area contributed by atoms with Gasteiger partial charge in [0.15, 0.2) is 0 Å². The first-order valence-corrected chi connectivity index (χ1v) is 8.87. The number of hydrogen-bond donors (Lipinski definition) is 0. The van der Waals surface area contributed by atoms with Crippen LogP contribution in [0.15, 0.2) is 29.3 Å². The highest BCUT2D eigenvalue weighted by Crippen LogP contribution is 2.18. The zero-order valence-corrected chi connectivity index (χ0v) is 16.5. The summed E-state index contributed by atoms with van der Waals surface area (Å²) in [7, 11) is 2.61. The molecule has 2 aromatic heterocycles. The first kappa shape index (κ1) is 21.5. The largest absolute Gasteiger partial charge is 0.465 e. The quantitative estimate of drug-likeness (QED) is 0.411. The van der Waals surface area contributed by atoms with Gasteiger partial charge in [-0.3, -0.25) is 0 Å². The van der Waals surface area contributed by atoms with Gasteiger partial charge < -0.3 is 9.47 Å². The van der Waals surface area contributed by atoms with Crippen molar-refractivity contribution < 1.29 is 19.1 Å². The van der Waals surface area contributed by atoms with E-state index in [0.29, 0.717) is 21.3 Å². The molecule has 0 aliphatic rings. The Bertz CT molecular complexity index is 754. The molecular weight excluding hydrogens is 411 g/mol. The molecule has 0 fully saturated rings. The summed E-state index contributed by atoms with van der Waals surface area (Å²) in [6.07, 6.45) is 1.86. The van der Waals surface area contributed by atoms with E-state index in [9.17, 15) is 9.59 Å². The molecule has 0 unspecified atom stereocenters. The summed E-state index contributed by atoms with van der Waals surface area (Å²) in [5.74, 6) is -0.888. The Balaban J connectivity index is 0.000000251. The average molecular weight is 424 g/mol. The molecule has 10 heteroatoms. The summed E-state index contributed by atoms with van der Waals surface area (Å²) >= 11 is 18.2. The second kappa shape index (κ2) is 10.5. The second-order valence-electron chi connectivity index (χ2n) is 4.21. The summed E-state index contributed by atoms with van der Waals surface area (Å²) in [6, 6.07) is 5.90. The molecule has 0 aliphatic heterocycles. The lowest BCUT2D eigenvalue weighted by molar-refractivity contribution is 0.0591. The van der Waals surface area contributed by atoms with Crippen molar-refractivity contribution in [2.45, 2.75) is 5.03 Å². The van der Waals surface area contributed by atoms with Crippen LogP contribution >= 0.6 is 46.6 Å². The molecule has 0 N–H and O–H groups in total. The summed E-state index contributed by atoms with van der Waals surface area (Å²) in [6.45, 7) is 0. The van der Waals surface area contributed by atoms with Crippen molar-refractivity contribution in [2.24, 2.45) is 0 Å². The van der Waals surface area contributed by atoms with Gasteiger partial charge in [0.2, 0.25) is 0 Å². The fourth-order valence-corrected chi connectivity index (χ4v) is 2.67. The molecule has 2 rings (SSSR count). The molecule has 0 saturated carbocycles. The maximum Gasteiger partial charge on any atom is 0.338 e. The van der Waals surface area contributed by atoms with Crippen LogP contribution in [0, 0.1) is 0 Å². The van der Waals surface area contributed by atoms with E-state index < -0.39 is 11.9 Å². The van der Waals surface area contributed by atoms with Crippen LogP contribution in [0.2, 0.25) is 15.5 Å². The number of carbonyl (C=O) groups excluding carboxylic acids is 2. The van der Waals surface area contributed by atoms with Gasteiger partial charge in [-0.1, -0.05) is 34.8 Å². The third-order valence-electron chi connectivity index (χ3n) is 2.58. The van der Waals surface area contributed by atoms with Gasteiger partial charge in [-0.15, -0.1) is 11.8 Å². The number of thioether (sulfide) groups is 1. The van der Waals surface area contributed by atoms with Gasteiger partial charge in [-0.25, -0.2) is 19.6 Å². The molecule has 0 amide bonds. The van der Waals surface area contributed by atoms with Crippen molar-refractivity contribution in [3.05, 3.63) is 50.9 Å². The minimum absolute atomic E-state index is 0.169. The Labute approximate surface area is 163 Å². The maximum absolute atomic E-state index is 11.1. The van der Waals surface area contributed by atoms with Crippen LogP contribution in [0.25, 0.3) is 0 Å². The number of aromatic nitrogens is 2. The first-order valence-electron chi connectivity index (χ1n) is 6.52. The van der Waals surface area contributed by atoms with Crippen LogP contribution in [0.3, 0.4) is 0 Å². The van der Waals surface area contributed by atoms with Gasteiger partial charge in [-0.05, 0) is 30.5 Å². The van der Waals surface area contributed by atoms with Gasteiger partial charge in [0.25, 0.3) is 0 Å². The number of methoxy groups -OCH3 is 2. The fourth-order valence-electron chi connectivity index (χ4n) is 1.51. The predicted octanol–water partition coefficient (Wildman–Crippen LogP) is 4.42. The highest BCUT2D eigenvalue weighted by molar-refractivity contribution is 7.98. The summed E-state index contributed by atoms with van der Waals surface area (Å²) in [5.41, 5.74) is 0.717. The standard InChI is InChI=1S/C8H8ClNO2S.C7H5Cl2NO2/c1-12-8(11)5-3-6(9)10-7(4-5)13-2;1-12-7(11)4-2-5(8)10-6(9)3-4/h3-4H,1-2H3;2-3H,1H3. The topological polar surface area (TPSA) is 78.4 Å². The minimum Gasteiger partial charge on any atom is -0.465 e. The summed E-state index contributed by atoms with van der Waals surface area (Å²) in [4.78, 5) is 29.7. The lowest BCUT2D eigenvalue weighted by Crippen LogP contribution is -2.01. The lowest BCUT2D eigenvalue weighted by Gasteiger charge is -2.01. The molecule has 2 aromatic rings. The maximum atomic E-state index is 11.1. The normalized spacial score (nSPS) is 9.68. The molecule has 0 radical (unpaired) electrons. The Morgan fingerprint density at radius 1 is 0.840 bits per heavy atom. The summed E-state index contributed by atoms with van der Waals surface area (Å²) < 4.78 is 9.02. The van der Waals surface area contributed by atoms with E-state index in [1.807, 2.05) is 6.26 Å². The first-order chi connectivity index (χ1) is 11.8. The molecule has 25 heavy (non-hydrogen) atoms. The third kappa shape index (κ3) is 7.07. The molecule has 0 spiro atoms. The van der Waals surface area contributed by atoms with E-state index in [0.717, 1.165) is 0 Å². The molecule has 0 saturated heterocycles. The monoisotopic (exact) mass is 422 g/mol. The van der Waals surface area contributed by atoms with E-state index in [1.165, 1.54) is 44.2 Å². The van der Waals surface area contributed by atoms with Crippen LogP contribution in [-0.2, 0) is 9.47 Å². The van der Waals surface area contributed by atoms with Crippen LogP contribution in [0.1, 0.15) is 20.7 Å². The SMILES string of the molecule is COC(=O)c1cc(Cl)nc(Cl)c1.COC(=O)c1cc(Cl)nc(SC)c1. The average Bonchev–Trinajstić information content (AvgIpc) is 2.59.